The molecular weight excluding hydrogens is 356 g/mol. The summed E-state index contributed by atoms with van der Waals surface area (Å²) in [5, 5.41) is 20.2. The first-order chi connectivity index (χ1) is 14.0. The van der Waals surface area contributed by atoms with Gasteiger partial charge < -0.3 is 16.5 Å². The van der Waals surface area contributed by atoms with Crippen LogP contribution in [0.25, 0.3) is 12.2 Å². The number of allylic oxidation sites excluding steroid dienone is 1. The Morgan fingerprint density at radius 2 is 1.97 bits per heavy atom. The Labute approximate surface area is 174 Å². The molecule has 29 heavy (non-hydrogen) atoms. The van der Waals surface area contributed by atoms with E-state index in [-0.39, 0.29) is 0 Å². The van der Waals surface area contributed by atoms with Gasteiger partial charge in [0.25, 0.3) is 0 Å². The minimum atomic E-state index is 0.383. The van der Waals surface area contributed by atoms with Crippen LogP contribution in [0, 0.1) is 16.7 Å². The molecule has 2 aromatic carbocycles. The Balaban J connectivity index is 0.000000521. The van der Waals surface area contributed by atoms with Crippen LogP contribution in [0.15, 0.2) is 49.1 Å². The van der Waals surface area contributed by atoms with E-state index in [9.17, 15) is 0 Å². The highest BCUT2D eigenvalue weighted by Crippen LogP contribution is 2.24. The number of nitrogen functional groups attached to an aromatic ring is 1. The van der Waals surface area contributed by atoms with E-state index < -0.39 is 0 Å². The number of hydrogen-bond donors (Lipinski definition) is 3. The Morgan fingerprint density at radius 1 is 1.28 bits per heavy atom. The third-order valence-electron chi connectivity index (χ3n) is 4.92. The van der Waals surface area contributed by atoms with E-state index in [0.717, 1.165) is 40.3 Å². The van der Waals surface area contributed by atoms with Gasteiger partial charge in [-0.3, -0.25) is 0 Å². The molecule has 0 aromatic heterocycles. The van der Waals surface area contributed by atoms with Crippen molar-refractivity contribution < 1.29 is 0 Å². The molecule has 0 heterocycles. The van der Waals surface area contributed by atoms with Gasteiger partial charge in [0.1, 0.15) is 0 Å². The van der Waals surface area contributed by atoms with Gasteiger partial charge in [0, 0.05) is 17.3 Å². The van der Waals surface area contributed by atoms with Crippen molar-refractivity contribution in [3.05, 3.63) is 76.9 Å². The summed E-state index contributed by atoms with van der Waals surface area (Å²) in [7, 11) is 2.01. The summed E-state index contributed by atoms with van der Waals surface area (Å²) >= 11 is 0. The Bertz CT molecular complexity index is 913. The summed E-state index contributed by atoms with van der Waals surface area (Å²) in [4.78, 5) is 0. The summed E-state index contributed by atoms with van der Waals surface area (Å²) in [5.74, 6) is 0. The number of nitriles is 1. The van der Waals surface area contributed by atoms with Gasteiger partial charge in [-0.15, -0.1) is 0 Å². The van der Waals surface area contributed by atoms with Crippen molar-refractivity contribution in [1.29, 1.82) is 10.7 Å². The molecule has 0 aliphatic heterocycles. The first-order valence-electron chi connectivity index (χ1n) is 9.97. The number of hydrogen-bond acceptors (Lipinski definition) is 4. The zero-order chi connectivity index (χ0) is 21.2. The van der Waals surface area contributed by atoms with E-state index in [0.29, 0.717) is 17.8 Å². The molecule has 150 valence electrons. The van der Waals surface area contributed by atoms with Crippen molar-refractivity contribution >= 4 is 23.6 Å². The lowest BCUT2D eigenvalue weighted by Gasteiger charge is -2.13. The predicted molar refractivity (Wildman–Crippen MR) is 124 cm³/mol. The van der Waals surface area contributed by atoms with Crippen molar-refractivity contribution in [2.45, 2.75) is 38.6 Å². The average molecular weight is 387 g/mol. The smallest absolute Gasteiger partial charge is 0.0669 e. The molecule has 0 spiro atoms. The second-order valence-corrected chi connectivity index (χ2v) is 7.04. The molecule has 0 saturated heterocycles. The third kappa shape index (κ3) is 6.44. The number of nitrogens with one attached hydrogen (secondary N) is 2. The SMILES string of the molecule is C=Cc1ccc(N)c(C(=N)/C=C/c2ccc(CC#N)cc2)c1CC.CNC1CC1. The molecule has 0 unspecified atom stereocenters. The fourth-order valence-electron chi connectivity index (χ4n) is 3.05. The molecule has 0 amide bonds. The fraction of sp³-hybridized carbons (Fsp3) is 0.280. The zero-order valence-corrected chi connectivity index (χ0v) is 17.3. The number of nitrogens with zero attached hydrogens (tertiary/aromatic N) is 1. The van der Waals surface area contributed by atoms with Crippen molar-refractivity contribution in [1.82, 2.24) is 5.32 Å². The van der Waals surface area contributed by atoms with E-state index in [2.05, 4.69) is 24.9 Å². The van der Waals surface area contributed by atoms with Crippen molar-refractivity contribution in [2.24, 2.45) is 0 Å². The van der Waals surface area contributed by atoms with Gasteiger partial charge in [0.2, 0.25) is 0 Å². The van der Waals surface area contributed by atoms with E-state index >= 15 is 0 Å². The summed E-state index contributed by atoms with van der Waals surface area (Å²) in [6.07, 6.45) is 9.44. The summed E-state index contributed by atoms with van der Waals surface area (Å²) in [6, 6.07) is 14.5. The lowest BCUT2D eigenvalue weighted by Crippen LogP contribution is -2.07. The topological polar surface area (TPSA) is 85.7 Å². The van der Waals surface area contributed by atoms with Gasteiger partial charge in [-0.2, -0.15) is 5.26 Å². The highest BCUT2D eigenvalue weighted by molar-refractivity contribution is 6.13. The molecule has 1 saturated carbocycles. The third-order valence-corrected chi connectivity index (χ3v) is 4.92. The van der Waals surface area contributed by atoms with Crippen molar-refractivity contribution in [2.75, 3.05) is 12.8 Å². The second-order valence-electron chi connectivity index (χ2n) is 7.04. The fourth-order valence-corrected chi connectivity index (χ4v) is 3.05. The quantitative estimate of drug-likeness (QED) is 0.463. The van der Waals surface area contributed by atoms with Crippen LogP contribution in [0.5, 0.6) is 0 Å². The number of anilines is 1. The summed E-state index contributed by atoms with van der Waals surface area (Å²) in [5.41, 5.74) is 11.9. The molecule has 1 aliphatic rings. The average Bonchev–Trinajstić information content (AvgIpc) is 3.58. The van der Waals surface area contributed by atoms with E-state index in [4.69, 9.17) is 16.4 Å². The van der Waals surface area contributed by atoms with Crippen molar-refractivity contribution in [3.63, 3.8) is 0 Å². The molecule has 4 heteroatoms. The number of benzene rings is 2. The largest absolute Gasteiger partial charge is 0.398 e. The molecule has 0 radical (unpaired) electrons. The second kappa shape index (κ2) is 11.0. The van der Waals surface area contributed by atoms with Crippen LogP contribution in [-0.4, -0.2) is 18.8 Å². The monoisotopic (exact) mass is 386 g/mol. The predicted octanol–water partition coefficient (Wildman–Crippen LogP) is 4.99. The van der Waals surface area contributed by atoms with Gasteiger partial charge >= 0.3 is 0 Å². The van der Waals surface area contributed by atoms with Crippen LogP contribution in [0.1, 0.15) is 47.6 Å². The van der Waals surface area contributed by atoms with E-state index in [1.165, 1.54) is 12.8 Å². The number of rotatable bonds is 7. The van der Waals surface area contributed by atoms with Crippen LogP contribution in [0.3, 0.4) is 0 Å². The molecule has 3 rings (SSSR count). The molecular formula is C25H30N4. The molecule has 0 atom stereocenters. The zero-order valence-electron chi connectivity index (χ0n) is 17.3. The molecule has 4 N–H and O–H groups in total. The van der Waals surface area contributed by atoms with Crippen LogP contribution in [-0.2, 0) is 12.8 Å². The Kier molecular flexibility index (Phi) is 8.39. The van der Waals surface area contributed by atoms with Gasteiger partial charge in [-0.1, -0.05) is 56.0 Å². The van der Waals surface area contributed by atoms with Crippen LogP contribution in [0.4, 0.5) is 5.69 Å². The van der Waals surface area contributed by atoms with Gasteiger partial charge in [0.15, 0.2) is 0 Å². The van der Waals surface area contributed by atoms with Gasteiger partial charge in [0.05, 0.1) is 18.2 Å². The number of nitrogens with two attached hydrogens (primary N) is 1. The Morgan fingerprint density at radius 3 is 2.45 bits per heavy atom. The first-order valence-corrected chi connectivity index (χ1v) is 9.97. The minimum absolute atomic E-state index is 0.383. The Hall–Kier alpha value is -3.16. The van der Waals surface area contributed by atoms with Gasteiger partial charge in [-0.05, 0) is 60.7 Å². The maximum Gasteiger partial charge on any atom is 0.0669 e. The molecule has 1 fully saturated rings. The first kappa shape index (κ1) is 22.1. The molecule has 0 bridgehead atoms. The van der Waals surface area contributed by atoms with Crippen LogP contribution in [0.2, 0.25) is 0 Å². The minimum Gasteiger partial charge on any atom is -0.398 e. The molecule has 2 aromatic rings. The van der Waals surface area contributed by atoms with E-state index in [1.807, 2.05) is 49.5 Å². The van der Waals surface area contributed by atoms with Crippen LogP contribution < -0.4 is 11.1 Å². The van der Waals surface area contributed by atoms with Crippen LogP contribution >= 0.6 is 0 Å². The lowest BCUT2D eigenvalue weighted by molar-refractivity contribution is 0.811. The van der Waals surface area contributed by atoms with E-state index in [1.54, 1.807) is 12.2 Å². The lowest BCUT2D eigenvalue weighted by atomic mass is 9.93. The van der Waals surface area contributed by atoms with Gasteiger partial charge in [-0.25, -0.2) is 0 Å². The normalized spacial score (nSPS) is 12.7. The highest BCUT2D eigenvalue weighted by atomic mass is 14.9. The standard InChI is InChI=1S/C21H21N3.C4H9N/c1-3-17-10-12-20(24)21(18(17)4-2)19(23)11-9-15-5-7-16(8-6-15)13-14-22;1-5-4-2-3-4/h3,5-12,23H,1,4,13,24H2,2H3;4-5H,2-3H2,1H3/b11-9+,23-19?;. The maximum atomic E-state index is 8.70. The highest BCUT2D eigenvalue weighted by Gasteiger charge is 2.17. The summed E-state index contributed by atoms with van der Waals surface area (Å²) < 4.78 is 0. The maximum absolute atomic E-state index is 8.70. The molecule has 4 nitrogen and oxygen atoms in total. The molecule has 1 aliphatic carbocycles. The summed E-state index contributed by atoms with van der Waals surface area (Å²) in [6.45, 7) is 5.89. The van der Waals surface area contributed by atoms with Crippen molar-refractivity contribution in [3.8, 4) is 6.07 Å².